The molecule has 1 saturated heterocycles. The van der Waals surface area contributed by atoms with Crippen LogP contribution in [0.1, 0.15) is 25.7 Å². The van der Waals surface area contributed by atoms with Crippen LogP contribution in [-0.2, 0) is 0 Å². The first kappa shape index (κ1) is 5.48. The molecule has 0 aromatic rings. The van der Waals surface area contributed by atoms with E-state index in [1.54, 1.807) is 0 Å². The summed E-state index contributed by atoms with van der Waals surface area (Å²) in [6.45, 7) is 1.23. The van der Waals surface area contributed by atoms with Gasteiger partial charge in [-0.2, -0.15) is 0 Å². The van der Waals surface area contributed by atoms with Crippen LogP contribution in [0.15, 0.2) is 12.2 Å². The van der Waals surface area contributed by atoms with Crippen LogP contribution in [0.3, 0.4) is 0 Å². The molecule has 50 valence electrons. The van der Waals surface area contributed by atoms with Crippen molar-refractivity contribution in [3.8, 4) is 0 Å². The molecule has 0 aromatic heterocycles. The Morgan fingerprint density at radius 2 is 2.33 bits per heavy atom. The van der Waals surface area contributed by atoms with Crippen LogP contribution in [-0.4, -0.2) is 12.1 Å². The lowest BCUT2D eigenvalue weighted by atomic mass is 9.97. The molecule has 2 aliphatic rings. The Labute approximate surface area is 56.1 Å². The van der Waals surface area contributed by atoms with E-state index in [9.17, 15) is 0 Å². The van der Waals surface area contributed by atoms with E-state index in [1.807, 2.05) is 0 Å². The topological polar surface area (TPSA) is 12.0 Å². The molecule has 1 heteroatoms. The minimum atomic E-state index is 0.458. The molecule has 0 aromatic carbocycles. The Hall–Kier alpha value is -0.300. The third-order valence-corrected chi connectivity index (χ3v) is 2.47. The first-order chi connectivity index (χ1) is 4.41. The molecule has 1 aliphatic carbocycles. The van der Waals surface area contributed by atoms with E-state index in [4.69, 9.17) is 0 Å². The van der Waals surface area contributed by atoms with E-state index in [-0.39, 0.29) is 0 Å². The van der Waals surface area contributed by atoms with Crippen molar-refractivity contribution in [2.24, 2.45) is 0 Å². The second-order valence-electron chi connectivity index (χ2n) is 3.13. The maximum atomic E-state index is 3.55. The fourth-order valence-corrected chi connectivity index (χ4v) is 1.92. The van der Waals surface area contributed by atoms with Crippen LogP contribution in [0.2, 0.25) is 0 Å². The second-order valence-corrected chi connectivity index (χ2v) is 3.13. The van der Waals surface area contributed by atoms with E-state index in [0.717, 1.165) is 0 Å². The number of nitrogens with one attached hydrogen (secondary N) is 1. The number of hydrogen-bond donors (Lipinski definition) is 1. The summed E-state index contributed by atoms with van der Waals surface area (Å²) in [5.74, 6) is 0. The molecule has 1 aliphatic heterocycles. The molecule has 1 spiro atoms. The quantitative estimate of drug-likeness (QED) is 0.481. The predicted octanol–water partition coefficient (Wildman–Crippen LogP) is 1.46. The molecule has 1 nitrogen and oxygen atoms in total. The molecular formula is C8H13N. The van der Waals surface area contributed by atoms with Gasteiger partial charge in [-0.05, 0) is 32.2 Å². The average Bonchev–Trinajstić information content (AvgIpc) is 2.45. The van der Waals surface area contributed by atoms with Gasteiger partial charge >= 0.3 is 0 Å². The average molecular weight is 123 g/mol. The van der Waals surface area contributed by atoms with E-state index in [1.165, 1.54) is 32.2 Å². The Morgan fingerprint density at radius 3 is 2.89 bits per heavy atom. The monoisotopic (exact) mass is 123 g/mol. The molecule has 2 rings (SSSR count). The molecule has 0 bridgehead atoms. The SMILES string of the molecule is C1=C[C@@]2(CC1)CCCN2. The van der Waals surface area contributed by atoms with Crippen LogP contribution < -0.4 is 5.32 Å². The molecule has 0 saturated carbocycles. The van der Waals surface area contributed by atoms with Crippen molar-refractivity contribution < 1.29 is 0 Å². The Kier molecular flexibility index (Phi) is 1.12. The van der Waals surface area contributed by atoms with Crippen molar-refractivity contribution in [3.63, 3.8) is 0 Å². The molecule has 9 heavy (non-hydrogen) atoms. The smallest absolute Gasteiger partial charge is 0.0367 e. The lowest BCUT2D eigenvalue weighted by Crippen LogP contribution is -2.34. The summed E-state index contributed by atoms with van der Waals surface area (Å²) in [4.78, 5) is 0. The number of hydrogen-bond acceptors (Lipinski definition) is 1. The highest BCUT2D eigenvalue weighted by Gasteiger charge is 2.31. The normalized spacial score (nSPS) is 40.9. The Balaban J connectivity index is 2.13. The van der Waals surface area contributed by atoms with Gasteiger partial charge in [-0.1, -0.05) is 12.2 Å². The Bertz CT molecular complexity index is 132. The highest BCUT2D eigenvalue weighted by atomic mass is 15.0. The van der Waals surface area contributed by atoms with Gasteiger partial charge in [0.1, 0.15) is 0 Å². The summed E-state index contributed by atoms with van der Waals surface area (Å²) in [5.41, 5.74) is 0.458. The van der Waals surface area contributed by atoms with Gasteiger partial charge in [0, 0.05) is 5.54 Å². The first-order valence-electron chi connectivity index (χ1n) is 3.84. The zero-order valence-electron chi connectivity index (χ0n) is 5.69. The first-order valence-corrected chi connectivity index (χ1v) is 3.84. The van der Waals surface area contributed by atoms with E-state index in [0.29, 0.717) is 5.54 Å². The number of allylic oxidation sites excluding steroid dienone is 1. The van der Waals surface area contributed by atoms with Crippen molar-refractivity contribution in [2.45, 2.75) is 31.2 Å². The van der Waals surface area contributed by atoms with Crippen molar-refractivity contribution in [1.29, 1.82) is 0 Å². The highest BCUT2D eigenvalue weighted by Crippen LogP contribution is 2.30. The molecule has 0 amide bonds. The third-order valence-electron chi connectivity index (χ3n) is 2.47. The maximum Gasteiger partial charge on any atom is 0.0367 e. The van der Waals surface area contributed by atoms with Gasteiger partial charge in [0.25, 0.3) is 0 Å². The molecule has 1 heterocycles. The predicted molar refractivity (Wildman–Crippen MR) is 38.3 cm³/mol. The van der Waals surface area contributed by atoms with Crippen molar-refractivity contribution >= 4 is 0 Å². The minimum absolute atomic E-state index is 0.458. The van der Waals surface area contributed by atoms with Crippen LogP contribution in [0.5, 0.6) is 0 Å². The Morgan fingerprint density at radius 1 is 1.33 bits per heavy atom. The van der Waals surface area contributed by atoms with Crippen molar-refractivity contribution in [1.82, 2.24) is 5.32 Å². The lowest BCUT2D eigenvalue weighted by Gasteiger charge is -2.20. The van der Waals surface area contributed by atoms with Crippen molar-refractivity contribution in [2.75, 3.05) is 6.54 Å². The third kappa shape index (κ3) is 0.799. The largest absolute Gasteiger partial charge is 0.308 e. The second kappa shape index (κ2) is 1.84. The summed E-state index contributed by atoms with van der Waals surface area (Å²) in [6.07, 6.45) is 10.0. The van der Waals surface area contributed by atoms with Crippen LogP contribution in [0.4, 0.5) is 0 Å². The summed E-state index contributed by atoms with van der Waals surface area (Å²) in [6, 6.07) is 0. The van der Waals surface area contributed by atoms with Gasteiger partial charge in [-0.15, -0.1) is 0 Å². The van der Waals surface area contributed by atoms with Gasteiger partial charge in [0.15, 0.2) is 0 Å². The lowest BCUT2D eigenvalue weighted by molar-refractivity contribution is 0.462. The molecular weight excluding hydrogens is 110 g/mol. The zero-order valence-corrected chi connectivity index (χ0v) is 5.69. The van der Waals surface area contributed by atoms with E-state index >= 15 is 0 Å². The molecule has 1 fully saturated rings. The molecule has 0 unspecified atom stereocenters. The fourth-order valence-electron chi connectivity index (χ4n) is 1.92. The van der Waals surface area contributed by atoms with Crippen LogP contribution in [0, 0.1) is 0 Å². The van der Waals surface area contributed by atoms with Gasteiger partial charge < -0.3 is 5.32 Å². The zero-order chi connectivity index (χ0) is 6.16. The summed E-state index contributed by atoms with van der Waals surface area (Å²) in [7, 11) is 0. The van der Waals surface area contributed by atoms with Crippen molar-refractivity contribution in [3.05, 3.63) is 12.2 Å². The van der Waals surface area contributed by atoms with Gasteiger partial charge in [-0.3, -0.25) is 0 Å². The minimum Gasteiger partial charge on any atom is -0.308 e. The summed E-state index contributed by atoms with van der Waals surface area (Å²) < 4.78 is 0. The summed E-state index contributed by atoms with van der Waals surface area (Å²) >= 11 is 0. The van der Waals surface area contributed by atoms with E-state index < -0.39 is 0 Å². The fraction of sp³-hybridized carbons (Fsp3) is 0.750. The standard InChI is InChI=1S/C8H13N/c1-2-5-8(4-1)6-3-7-9-8/h1,4,9H,2-3,5-7H2/t8-/m1/s1. The summed E-state index contributed by atoms with van der Waals surface area (Å²) in [5, 5.41) is 3.55. The van der Waals surface area contributed by atoms with E-state index in [2.05, 4.69) is 17.5 Å². The molecule has 0 radical (unpaired) electrons. The molecule has 1 N–H and O–H groups in total. The maximum absolute atomic E-state index is 3.55. The molecule has 1 atom stereocenters. The van der Waals surface area contributed by atoms with Gasteiger partial charge in [0.05, 0.1) is 0 Å². The van der Waals surface area contributed by atoms with Crippen LogP contribution >= 0.6 is 0 Å². The highest BCUT2D eigenvalue weighted by molar-refractivity contribution is 5.14. The number of rotatable bonds is 0. The van der Waals surface area contributed by atoms with Gasteiger partial charge in [0.2, 0.25) is 0 Å². The van der Waals surface area contributed by atoms with Crippen LogP contribution in [0.25, 0.3) is 0 Å². The van der Waals surface area contributed by atoms with Gasteiger partial charge in [-0.25, -0.2) is 0 Å².